The number of carbonyl (C=O) groups is 1. The van der Waals surface area contributed by atoms with E-state index in [0.717, 1.165) is 15.4 Å². The van der Waals surface area contributed by atoms with Gasteiger partial charge in [-0.15, -0.1) is 0 Å². The molecule has 1 heterocycles. The van der Waals surface area contributed by atoms with Crippen molar-refractivity contribution in [3.05, 3.63) is 58.6 Å². The lowest BCUT2D eigenvalue weighted by molar-refractivity contribution is 0.0990. The van der Waals surface area contributed by atoms with Crippen LogP contribution in [0.25, 0.3) is 0 Å². The number of Topliss-reactive ketones (excluding diaryl/α,β-unsaturated/α-hetero) is 1. The van der Waals surface area contributed by atoms with Gasteiger partial charge < -0.3 is 0 Å². The highest BCUT2D eigenvalue weighted by atomic mass is 35.5. The molecule has 0 radical (unpaired) electrons. The second-order valence-corrected chi connectivity index (χ2v) is 5.41. The molecule has 2 aromatic carbocycles. The van der Waals surface area contributed by atoms with Crippen LogP contribution in [0.15, 0.2) is 52.3 Å². The monoisotopic (exact) mass is 260 g/mol. The van der Waals surface area contributed by atoms with Crippen LogP contribution < -0.4 is 0 Å². The van der Waals surface area contributed by atoms with Crippen LogP contribution in [0.2, 0.25) is 5.02 Å². The maximum Gasteiger partial charge on any atom is 0.169 e. The SMILES string of the molecule is O=C1Cc2ccccc2Sc2cccc(Cl)c21. The van der Waals surface area contributed by atoms with Gasteiger partial charge in [0, 0.05) is 16.2 Å². The van der Waals surface area contributed by atoms with Gasteiger partial charge in [0.2, 0.25) is 0 Å². The summed E-state index contributed by atoms with van der Waals surface area (Å²) in [5, 5.41) is 0.549. The minimum atomic E-state index is 0.100. The Hall–Kier alpha value is -1.25. The smallest absolute Gasteiger partial charge is 0.169 e. The zero-order chi connectivity index (χ0) is 11.8. The van der Waals surface area contributed by atoms with Crippen LogP contribution in [-0.2, 0) is 6.42 Å². The van der Waals surface area contributed by atoms with Crippen molar-refractivity contribution < 1.29 is 4.79 Å². The van der Waals surface area contributed by atoms with Gasteiger partial charge in [-0.25, -0.2) is 0 Å². The second-order valence-electron chi connectivity index (χ2n) is 3.92. The van der Waals surface area contributed by atoms with E-state index in [1.807, 2.05) is 36.4 Å². The minimum absolute atomic E-state index is 0.100. The van der Waals surface area contributed by atoms with E-state index in [0.29, 0.717) is 17.0 Å². The van der Waals surface area contributed by atoms with E-state index < -0.39 is 0 Å². The van der Waals surface area contributed by atoms with Crippen LogP contribution in [-0.4, -0.2) is 5.78 Å². The van der Waals surface area contributed by atoms with E-state index in [4.69, 9.17) is 11.6 Å². The molecule has 1 aliphatic rings. The highest BCUT2D eigenvalue weighted by Crippen LogP contribution is 2.39. The molecule has 0 spiro atoms. The predicted octanol–water partition coefficient (Wildman–Crippen LogP) is 4.23. The fourth-order valence-corrected chi connectivity index (χ4v) is 3.45. The summed E-state index contributed by atoms with van der Waals surface area (Å²) >= 11 is 7.73. The normalized spacial score (nSPS) is 13.8. The highest BCUT2D eigenvalue weighted by molar-refractivity contribution is 7.99. The Morgan fingerprint density at radius 1 is 1.00 bits per heavy atom. The maximum absolute atomic E-state index is 12.2. The van der Waals surface area contributed by atoms with Gasteiger partial charge in [-0.2, -0.15) is 0 Å². The molecule has 2 aromatic rings. The number of benzene rings is 2. The van der Waals surface area contributed by atoms with Crippen LogP contribution in [0.4, 0.5) is 0 Å². The van der Waals surface area contributed by atoms with Crippen molar-refractivity contribution in [2.24, 2.45) is 0 Å². The molecule has 0 bridgehead atoms. The van der Waals surface area contributed by atoms with Crippen LogP contribution in [0.3, 0.4) is 0 Å². The fraction of sp³-hybridized carbons (Fsp3) is 0.0714. The van der Waals surface area contributed by atoms with E-state index >= 15 is 0 Å². The molecule has 3 heteroatoms. The number of hydrogen-bond acceptors (Lipinski definition) is 2. The summed E-state index contributed by atoms with van der Waals surface area (Å²) in [6.45, 7) is 0. The fourth-order valence-electron chi connectivity index (χ4n) is 1.99. The number of halogens is 1. The quantitative estimate of drug-likeness (QED) is 0.705. The highest BCUT2D eigenvalue weighted by Gasteiger charge is 2.21. The van der Waals surface area contributed by atoms with Crippen molar-refractivity contribution in [3.63, 3.8) is 0 Å². The predicted molar refractivity (Wildman–Crippen MR) is 70.1 cm³/mol. The van der Waals surface area contributed by atoms with Gasteiger partial charge in [-0.05, 0) is 23.8 Å². The maximum atomic E-state index is 12.2. The van der Waals surface area contributed by atoms with Gasteiger partial charge in [0.15, 0.2) is 5.78 Å². The molecule has 0 aliphatic carbocycles. The number of carbonyl (C=O) groups excluding carboxylic acids is 1. The van der Waals surface area contributed by atoms with Gasteiger partial charge in [0.25, 0.3) is 0 Å². The number of hydrogen-bond donors (Lipinski definition) is 0. The largest absolute Gasteiger partial charge is 0.294 e. The van der Waals surface area contributed by atoms with Gasteiger partial charge in [0.05, 0.1) is 10.6 Å². The first-order valence-electron chi connectivity index (χ1n) is 5.33. The summed E-state index contributed by atoms with van der Waals surface area (Å²) in [7, 11) is 0. The third-order valence-corrected chi connectivity index (χ3v) is 4.29. The molecular weight excluding hydrogens is 252 g/mol. The first-order chi connectivity index (χ1) is 8.25. The van der Waals surface area contributed by atoms with Crippen molar-refractivity contribution in [3.8, 4) is 0 Å². The first kappa shape index (κ1) is 10.9. The van der Waals surface area contributed by atoms with Crippen molar-refractivity contribution in [2.75, 3.05) is 0 Å². The Labute approximate surface area is 109 Å². The van der Waals surface area contributed by atoms with Crippen LogP contribution >= 0.6 is 23.4 Å². The average molecular weight is 261 g/mol. The molecule has 3 rings (SSSR count). The molecule has 0 amide bonds. The lowest BCUT2D eigenvalue weighted by Gasteiger charge is -2.05. The van der Waals surface area contributed by atoms with Gasteiger partial charge in [-0.3, -0.25) is 4.79 Å². The standard InChI is InChI=1S/C14H9ClOS/c15-10-5-3-7-13-14(10)11(16)8-9-4-1-2-6-12(9)17-13/h1-7H,8H2. The topological polar surface area (TPSA) is 17.1 Å². The molecule has 0 saturated carbocycles. The van der Waals surface area contributed by atoms with E-state index in [1.54, 1.807) is 17.8 Å². The van der Waals surface area contributed by atoms with E-state index in [9.17, 15) is 4.79 Å². The van der Waals surface area contributed by atoms with Gasteiger partial charge >= 0.3 is 0 Å². The van der Waals surface area contributed by atoms with E-state index in [2.05, 4.69) is 0 Å². The Kier molecular flexibility index (Phi) is 2.69. The summed E-state index contributed by atoms with van der Waals surface area (Å²) in [4.78, 5) is 14.3. The molecule has 0 fully saturated rings. The van der Waals surface area contributed by atoms with Gasteiger partial charge in [-0.1, -0.05) is 47.6 Å². The zero-order valence-corrected chi connectivity index (χ0v) is 10.5. The lowest BCUT2D eigenvalue weighted by atomic mass is 10.0. The van der Waals surface area contributed by atoms with Crippen molar-refractivity contribution in [1.29, 1.82) is 0 Å². The van der Waals surface area contributed by atoms with E-state index in [1.165, 1.54) is 0 Å². The summed E-state index contributed by atoms with van der Waals surface area (Å²) in [5.74, 6) is 0.100. The van der Waals surface area contributed by atoms with Crippen molar-refractivity contribution >= 4 is 29.1 Å². The van der Waals surface area contributed by atoms with Crippen molar-refractivity contribution in [1.82, 2.24) is 0 Å². The third-order valence-electron chi connectivity index (χ3n) is 2.80. The molecule has 17 heavy (non-hydrogen) atoms. The summed E-state index contributed by atoms with van der Waals surface area (Å²) in [6, 6.07) is 13.6. The zero-order valence-electron chi connectivity index (χ0n) is 8.94. The van der Waals surface area contributed by atoms with Crippen molar-refractivity contribution in [2.45, 2.75) is 16.2 Å². The first-order valence-corrected chi connectivity index (χ1v) is 6.52. The molecule has 0 aromatic heterocycles. The summed E-state index contributed by atoms with van der Waals surface area (Å²) < 4.78 is 0. The minimum Gasteiger partial charge on any atom is -0.294 e. The molecule has 0 saturated heterocycles. The van der Waals surface area contributed by atoms with Gasteiger partial charge in [0.1, 0.15) is 0 Å². The molecule has 1 nitrogen and oxygen atoms in total. The molecule has 84 valence electrons. The Bertz CT molecular complexity index is 607. The van der Waals surface area contributed by atoms with E-state index in [-0.39, 0.29) is 5.78 Å². The molecule has 0 N–H and O–H groups in total. The van der Waals surface area contributed by atoms with Crippen LogP contribution in [0, 0.1) is 0 Å². The number of rotatable bonds is 0. The third kappa shape index (κ3) is 1.88. The Balaban J connectivity index is 2.21. The lowest BCUT2D eigenvalue weighted by Crippen LogP contribution is -2.03. The molecule has 0 atom stereocenters. The second kappa shape index (κ2) is 4.21. The molecule has 1 aliphatic heterocycles. The number of ketones is 1. The average Bonchev–Trinajstić information content (AvgIpc) is 2.45. The van der Waals surface area contributed by atoms with Crippen LogP contribution in [0.1, 0.15) is 15.9 Å². The number of fused-ring (bicyclic) bond motifs is 2. The molecule has 0 unspecified atom stereocenters. The Morgan fingerprint density at radius 3 is 2.65 bits per heavy atom. The summed E-state index contributed by atoms with van der Waals surface area (Å²) in [5.41, 5.74) is 1.74. The Morgan fingerprint density at radius 2 is 1.76 bits per heavy atom. The molecular formula is C14H9ClOS. The van der Waals surface area contributed by atoms with Crippen LogP contribution in [0.5, 0.6) is 0 Å². The summed E-state index contributed by atoms with van der Waals surface area (Å²) in [6.07, 6.45) is 0.430.